The Kier molecular flexibility index (Phi) is 4.13. The minimum absolute atomic E-state index is 0.609. The van der Waals surface area contributed by atoms with E-state index in [2.05, 4.69) is 39.3 Å². The number of aromatic nitrogens is 3. The second-order valence-corrected chi connectivity index (χ2v) is 7.19. The standard InChI is InChI=1S/C24H20N4O/c1-15-10-16(2)27-23(11-15)28-20-5-3-4-18(13-20)22-14-26-24(29-22)19-6-7-21-17(12-19)8-9-25-21/h3-14,25H,1-2H3,(H,27,28). The lowest BCUT2D eigenvalue weighted by molar-refractivity contribution is 0.589. The van der Waals surface area contributed by atoms with Gasteiger partial charge in [-0.25, -0.2) is 9.97 Å². The zero-order valence-electron chi connectivity index (χ0n) is 16.2. The molecule has 5 heteroatoms. The number of nitrogens with one attached hydrogen (secondary N) is 2. The van der Waals surface area contributed by atoms with Crippen molar-refractivity contribution in [1.29, 1.82) is 0 Å². The molecule has 5 rings (SSSR count). The summed E-state index contributed by atoms with van der Waals surface area (Å²) in [7, 11) is 0. The molecule has 0 saturated carbocycles. The molecule has 0 spiro atoms. The number of hydrogen-bond acceptors (Lipinski definition) is 4. The van der Waals surface area contributed by atoms with E-state index in [1.54, 1.807) is 6.20 Å². The van der Waals surface area contributed by atoms with Crippen LogP contribution < -0.4 is 5.32 Å². The Morgan fingerprint density at radius 1 is 0.931 bits per heavy atom. The first-order chi connectivity index (χ1) is 14.1. The number of anilines is 2. The number of hydrogen-bond donors (Lipinski definition) is 2. The van der Waals surface area contributed by atoms with Crippen LogP contribution in [0, 0.1) is 13.8 Å². The molecule has 2 aromatic carbocycles. The molecule has 0 atom stereocenters. The quantitative estimate of drug-likeness (QED) is 0.387. The maximum atomic E-state index is 6.06. The number of oxazole rings is 1. The van der Waals surface area contributed by atoms with E-state index in [9.17, 15) is 0 Å². The van der Waals surface area contributed by atoms with Crippen LogP contribution in [0.1, 0.15) is 11.3 Å². The van der Waals surface area contributed by atoms with Crippen molar-refractivity contribution >= 4 is 22.4 Å². The average molecular weight is 380 g/mol. The first-order valence-corrected chi connectivity index (χ1v) is 9.50. The van der Waals surface area contributed by atoms with Crippen LogP contribution in [-0.2, 0) is 0 Å². The van der Waals surface area contributed by atoms with Gasteiger partial charge in [-0.15, -0.1) is 0 Å². The van der Waals surface area contributed by atoms with Gasteiger partial charge in [0.05, 0.1) is 6.20 Å². The van der Waals surface area contributed by atoms with Crippen LogP contribution in [0.2, 0.25) is 0 Å². The topological polar surface area (TPSA) is 66.7 Å². The first kappa shape index (κ1) is 17.3. The summed E-state index contributed by atoms with van der Waals surface area (Å²) in [6.45, 7) is 4.06. The van der Waals surface area contributed by atoms with Gasteiger partial charge in [0.1, 0.15) is 5.82 Å². The lowest BCUT2D eigenvalue weighted by Crippen LogP contribution is -1.96. The van der Waals surface area contributed by atoms with E-state index >= 15 is 0 Å². The zero-order valence-corrected chi connectivity index (χ0v) is 16.2. The van der Waals surface area contributed by atoms with Gasteiger partial charge in [0.15, 0.2) is 5.76 Å². The third-order valence-corrected chi connectivity index (χ3v) is 4.82. The molecule has 5 aromatic rings. The summed E-state index contributed by atoms with van der Waals surface area (Å²) in [5, 5.41) is 4.51. The molecule has 0 aliphatic rings. The van der Waals surface area contributed by atoms with E-state index in [-0.39, 0.29) is 0 Å². The summed E-state index contributed by atoms with van der Waals surface area (Å²) >= 11 is 0. The second-order valence-electron chi connectivity index (χ2n) is 7.19. The molecule has 0 bridgehead atoms. The van der Waals surface area contributed by atoms with Crippen LogP contribution in [0.3, 0.4) is 0 Å². The van der Waals surface area contributed by atoms with Gasteiger partial charge in [0.2, 0.25) is 5.89 Å². The number of aryl methyl sites for hydroxylation is 2. The van der Waals surface area contributed by atoms with Gasteiger partial charge < -0.3 is 14.7 Å². The Bertz CT molecular complexity index is 1300. The highest BCUT2D eigenvalue weighted by molar-refractivity contribution is 5.83. The van der Waals surface area contributed by atoms with Gasteiger partial charge >= 0.3 is 0 Å². The van der Waals surface area contributed by atoms with Gasteiger partial charge in [0.25, 0.3) is 0 Å². The van der Waals surface area contributed by atoms with Crippen LogP contribution in [0.4, 0.5) is 11.5 Å². The number of pyridine rings is 1. The Hall–Kier alpha value is -3.86. The van der Waals surface area contributed by atoms with Gasteiger partial charge in [-0.2, -0.15) is 0 Å². The van der Waals surface area contributed by atoms with E-state index in [0.717, 1.165) is 45.0 Å². The molecule has 3 aromatic heterocycles. The molecule has 0 aliphatic carbocycles. The molecule has 5 nitrogen and oxygen atoms in total. The first-order valence-electron chi connectivity index (χ1n) is 9.50. The smallest absolute Gasteiger partial charge is 0.226 e. The average Bonchev–Trinajstić information content (AvgIpc) is 3.36. The Balaban J connectivity index is 1.43. The van der Waals surface area contributed by atoms with Gasteiger partial charge in [0, 0.05) is 39.6 Å². The fraction of sp³-hybridized carbons (Fsp3) is 0.0833. The Morgan fingerprint density at radius 3 is 2.76 bits per heavy atom. The van der Waals surface area contributed by atoms with E-state index in [4.69, 9.17) is 4.42 Å². The maximum absolute atomic E-state index is 6.06. The summed E-state index contributed by atoms with van der Waals surface area (Å²) in [6.07, 6.45) is 3.70. The number of fused-ring (bicyclic) bond motifs is 1. The molecule has 0 amide bonds. The number of nitrogens with zero attached hydrogens (tertiary/aromatic N) is 2. The fourth-order valence-electron chi connectivity index (χ4n) is 3.53. The molecule has 0 aliphatic heterocycles. The SMILES string of the molecule is Cc1cc(C)nc(Nc2cccc(-c3cnc(-c4ccc5[nH]ccc5c4)o3)c2)c1. The van der Waals surface area contributed by atoms with Crippen molar-refractivity contribution in [2.75, 3.05) is 5.32 Å². The van der Waals surface area contributed by atoms with E-state index in [1.807, 2.05) is 61.7 Å². The third-order valence-electron chi connectivity index (χ3n) is 4.82. The van der Waals surface area contributed by atoms with E-state index in [1.165, 1.54) is 5.56 Å². The van der Waals surface area contributed by atoms with Crippen molar-refractivity contribution in [3.8, 4) is 22.8 Å². The van der Waals surface area contributed by atoms with Crippen molar-refractivity contribution in [2.45, 2.75) is 13.8 Å². The van der Waals surface area contributed by atoms with E-state index < -0.39 is 0 Å². The highest BCUT2D eigenvalue weighted by atomic mass is 16.4. The summed E-state index contributed by atoms with van der Waals surface area (Å²) in [5.74, 6) is 2.17. The fourth-order valence-corrected chi connectivity index (χ4v) is 3.53. The lowest BCUT2D eigenvalue weighted by Gasteiger charge is -2.08. The van der Waals surface area contributed by atoms with Crippen LogP contribution in [0.25, 0.3) is 33.7 Å². The minimum atomic E-state index is 0.609. The second kappa shape index (κ2) is 6.95. The summed E-state index contributed by atoms with van der Waals surface area (Å²) in [6, 6.07) is 20.3. The van der Waals surface area contributed by atoms with Crippen molar-refractivity contribution in [3.05, 3.63) is 84.3 Å². The highest BCUT2D eigenvalue weighted by Crippen LogP contribution is 2.30. The summed E-state index contributed by atoms with van der Waals surface area (Å²) in [5.41, 5.74) is 6.13. The van der Waals surface area contributed by atoms with Crippen LogP contribution in [0.15, 0.2) is 77.5 Å². The largest absolute Gasteiger partial charge is 0.436 e. The van der Waals surface area contributed by atoms with Crippen LogP contribution >= 0.6 is 0 Å². The summed E-state index contributed by atoms with van der Waals surface area (Å²) in [4.78, 5) is 12.2. The van der Waals surface area contributed by atoms with Crippen LogP contribution in [0.5, 0.6) is 0 Å². The number of benzene rings is 2. The number of aromatic amines is 1. The zero-order chi connectivity index (χ0) is 19.8. The van der Waals surface area contributed by atoms with Gasteiger partial charge in [-0.1, -0.05) is 12.1 Å². The molecule has 3 heterocycles. The number of rotatable bonds is 4. The van der Waals surface area contributed by atoms with Gasteiger partial charge in [-0.3, -0.25) is 0 Å². The molecule has 0 unspecified atom stereocenters. The molecular formula is C24H20N4O. The van der Waals surface area contributed by atoms with Crippen LogP contribution in [-0.4, -0.2) is 15.0 Å². The van der Waals surface area contributed by atoms with Gasteiger partial charge in [-0.05, 0) is 67.9 Å². The van der Waals surface area contributed by atoms with Crippen molar-refractivity contribution in [1.82, 2.24) is 15.0 Å². The number of H-pyrrole nitrogens is 1. The Morgan fingerprint density at radius 2 is 1.86 bits per heavy atom. The normalized spacial score (nSPS) is 11.1. The highest BCUT2D eigenvalue weighted by Gasteiger charge is 2.10. The third kappa shape index (κ3) is 3.50. The molecule has 0 radical (unpaired) electrons. The maximum Gasteiger partial charge on any atom is 0.226 e. The Labute approximate surface area is 168 Å². The molecule has 2 N–H and O–H groups in total. The van der Waals surface area contributed by atoms with Crippen molar-refractivity contribution in [3.63, 3.8) is 0 Å². The van der Waals surface area contributed by atoms with E-state index in [0.29, 0.717) is 5.89 Å². The molecule has 29 heavy (non-hydrogen) atoms. The molecule has 0 saturated heterocycles. The van der Waals surface area contributed by atoms with Crippen molar-refractivity contribution < 1.29 is 4.42 Å². The minimum Gasteiger partial charge on any atom is -0.436 e. The van der Waals surface area contributed by atoms with Crippen molar-refractivity contribution in [2.24, 2.45) is 0 Å². The molecule has 142 valence electrons. The predicted octanol–water partition coefficient (Wildman–Crippen LogP) is 6.25. The predicted molar refractivity (Wildman–Crippen MR) is 116 cm³/mol. The monoisotopic (exact) mass is 380 g/mol. The lowest BCUT2D eigenvalue weighted by atomic mass is 10.1. The molecular weight excluding hydrogens is 360 g/mol. The summed E-state index contributed by atoms with van der Waals surface area (Å²) < 4.78 is 6.06. The molecule has 0 fully saturated rings.